The topological polar surface area (TPSA) is 54.4 Å². The van der Waals surface area contributed by atoms with Crippen molar-refractivity contribution in [2.75, 3.05) is 6.26 Å². The van der Waals surface area contributed by atoms with E-state index < -0.39 is 15.9 Å². The summed E-state index contributed by atoms with van der Waals surface area (Å²) in [7, 11) is -3.26. The Labute approximate surface area is 126 Å². The smallest absolute Gasteiger partial charge is 0.175 e. The van der Waals surface area contributed by atoms with Crippen molar-refractivity contribution in [1.82, 2.24) is 0 Å². The van der Waals surface area contributed by atoms with Gasteiger partial charge in [-0.05, 0) is 42.7 Å². The second-order valence-corrected chi connectivity index (χ2v) is 7.51. The van der Waals surface area contributed by atoms with Gasteiger partial charge in [-0.15, -0.1) is 0 Å². The molecule has 0 aliphatic heterocycles. The number of hydrogen-bond donors (Lipinski definition) is 1. The summed E-state index contributed by atoms with van der Waals surface area (Å²) in [6, 6.07) is 12.6. The molecule has 0 amide bonds. The van der Waals surface area contributed by atoms with Crippen molar-refractivity contribution in [1.29, 1.82) is 0 Å². The third-order valence-electron chi connectivity index (χ3n) is 3.59. The van der Waals surface area contributed by atoms with Crippen LogP contribution in [0.4, 0.5) is 0 Å². The minimum atomic E-state index is -3.26. The summed E-state index contributed by atoms with van der Waals surface area (Å²) in [6.45, 7) is 4.02. The molecule has 2 rings (SSSR count). The lowest BCUT2D eigenvalue weighted by Gasteiger charge is -2.14. The van der Waals surface area contributed by atoms with Crippen LogP contribution in [0.5, 0.6) is 0 Å². The molecular formula is C17H20O3S. The molecule has 1 N–H and O–H groups in total. The number of sulfone groups is 1. The first-order valence-corrected chi connectivity index (χ1v) is 8.71. The average molecular weight is 304 g/mol. The molecule has 112 valence electrons. The molecule has 4 heteroatoms. The molecule has 2 aromatic rings. The van der Waals surface area contributed by atoms with E-state index >= 15 is 0 Å². The summed E-state index contributed by atoms with van der Waals surface area (Å²) in [5.74, 6) is 0. The third kappa shape index (κ3) is 3.93. The maximum atomic E-state index is 11.6. The number of aliphatic hydroxyl groups is 1. The van der Waals surface area contributed by atoms with Crippen molar-refractivity contribution in [2.24, 2.45) is 0 Å². The van der Waals surface area contributed by atoms with Gasteiger partial charge in [-0.25, -0.2) is 8.42 Å². The van der Waals surface area contributed by atoms with E-state index in [9.17, 15) is 13.5 Å². The second-order valence-electron chi connectivity index (χ2n) is 5.49. The maximum Gasteiger partial charge on any atom is 0.175 e. The van der Waals surface area contributed by atoms with Crippen molar-refractivity contribution in [3.8, 4) is 0 Å². The molecule has 1 atom stereocenters. The Balaban J connectivity index is 2.28. The highest BCUT2D eigenvalue weighted by atomic mass is 32.2. The van der Waals surface area contributed by atoms with Crippen LogP contribution in [0.3, 0.4) is 0 Å². The molecule has 3 nitrogen and oxygen atoms in total. The number of aryl methyl sites for hydroxylation is 2. The lowest BCUT2D eigenvalue weighted by molar-refractivity contribution is 0.178. The molecule has 0 spiro atoms. The zero-order valence-electron chi connectivity index (χ0n) is 12.5. The fourth-order valence-electron chi connectivity index (χ4n) is 2.30. The molecule has 0 bridgehead atoms. The van der Waals surface area contributed by atoms with E-state index in [4.69, 9.17) is 0 Å². The largest absolute Gasteiger partial charge is 0.388 e. The van der Waals surface area contributed by atoms with Gasteiger partial charge in [0.1, 0.15) is 0 Å². The predicted molar refractivity (Wildman–Crippen MR) is 84.1 cm³/mol. The van der Waals surface area contributed by atoms with Crippen LogP contribution in [0.2, 0.25) is 0 Å². The Hall–Kier alpha value is -1.65. The molecular weight excluding hydrogens is 284 g/mol. The van der Waals surface area contributed by atoms with Gasteiger partial charge in [0, 0.05) is 12.7 Å². The molecule has 0 radical (unpaired) electrons. The standard InChI is InChI=1S/C17H20O3S/c1-12-7-8-13(2)15(9-12)11-17(18)14-5-4-6-16(10-14)21(3,19)20/h4-10,17-18H,11H2,1-3H3. The quantitative estimate of drug-likeness (QED) is 0.944. The fraction of sp³-hybridized carbons (Fsp3) is 0.294. The highest BCUT2D eigenvalue weighted by Gasteiger charge is 2.14. The van der Waals surface area contributed by atoms with Gasteiger partial charge in [0.25, 0.3) is 0 Å². The van der Waals surface area contributed by atoms with E-state index in [1.165, 1.54) is 6.26 Å². The van der Waals surface area contributed by atoms with Gasteiger partial charge in [-0.2, -0.15) is 0 Å². The number of rotatable bonds is 4. The van der Waals surface area contributed by atoms with Crippen molar-refractivity contribution in [3.05, 3.63) is 64.7 Å². The van der Waals surface area contributed by atoms with E-state index in [1.807, 2.05) is 26.0 Å². The molecule has 21 heavy (non-hydrogen) atoms. The number of hydrogen-bond acceptors (Lipinski definition) is 3. The van der Waals surface area contributed by atoms with Gasteiger partial charge in [-0.1, -0.05) is 35.9 Å². The maximum absolute atomic E-state index is 11.6. The van der Waals surface area contributed by atoms with Gasteiger partial charge >= 0.3 is 0 Å². The van der Waals surface area contributed by atoms with Crippen molar-refractivity contribution in [2.45, 2.75) is 31.3 Å². The van der Waals surface area contributed by atoms with Crippen LogP contribution in [0.1, 0.15) is 28.4 Å². The van der Waals surface area contributed by atoms with E-state index in [0.717, 1.165) is 16.7 Å². The van der Waals surface area contributed by atoms with E-state index in [1.54, 1.807) is 24.3 Å². The molecule has 1 unspecified atom stereocenters. The Morgan fingerprint density at radius 1 is 1.10 bits per heavy atom. The summed E-state index contributed by atoms with van der Waals surface area (Å²) < 4.78 is 23.2. The highest BCUT2D eigenvalue weighted by Crippen LogP contribution is 2.23. The monoisotopic (exact) mass is 304 g/mol. The Kier molecular flexibility index (Phi) is 4.49. The molecule has 0 aromatic heterocycles. The third-order valence-corrected chi connectivity index (χ3v) is 4.70. The van der Waals surface area contributed by atoms with Gasteiger partial charge in [0.2, 0.25) is 0 Å². The van der Waals surface area contributed by atoms with Crippen LogP contribution < -0.4 is 0 Å². The first-order valence-electron chi connectivity index (χ1n) is 6.81. The van der Waals surface area contributed by atoms with Gasteiger partial charge in [0.05, 0.1) is 11.0 Å². The van der Waals surface area contributed by atoms with Crippen molar-refractivity contribution < 1.29 is 13.5 Å². The highest BCUT2D eigenvalue weighted by molar-refractivity contribution is 7.90. The fourth-order valence-corrected chi connectivity index (χ4v) is 2.97. The van der Waals surface area contributed by atoms with Crippen LogP contribution in [0.15, 0.2) is 47.4 Å². The van der Waals surface area contributed by atoms with Gasteiger partial charge < -0.3 is 5.11 Å². The molecule has 2 aromatic carbocycles. The van der Waals surface area contributed by atoms with Crippen LogP contribution >= 0.6 is 0 Å². The minimum absolute atomic E-state index is 0.236. The van der Waals surface area contributed by atoms with E-state index in [2.05, 4.69) is 6.07 Å². The summed E-state index contributed by atoms with van der Waals surface area (Å²) in [6.07, 6.45) is 0.927. The predicted octanol–water partition coefficient (Wildman–Crippen LogP) is 2.98. The Bertz CT molecular complexity index is 748. The van der Waals surface area contributed by atoms with Gasteiger partial charge in [-0.3, -0.25) is 0 Å². The van der Waals surface area contributed by atoms with Crippen LogP contribution in [-0.2, 0) is 16.3 Å². The van der Waals surface area contributed by atoms with Crippen LogP contribution in [-0.4, -0.2) is 19.8 Å². The number of benzene rings is 2. The number of aliphatic hydroxyl groups excluding tert-OH is 1. The lowest BCUT2D eigenvalue weighted by atomic mass is 9.97. The summed E-state index contributed by atoms with van der Waals surface area (Å²) in [4.78, 5) is 0.236. The minimum Gasteiger partial charge on any atom is -0.388 e. The first kappa shape index (κ1) is 15.7. The van der Waals surface area contributed by atoms with Crippen molar-refractivity contribution in [3.63, 3.8) is 0 Å². The first-order chi connectivity index (χ1) is 9.77. The van der Waals surface area contributed by atoms with Crippen LogP contribution in [0.25, 0.3) is 0 Å². The lowest BCUT2D eigenvalue weighted by Crippen LogP contribution is -2.05. The van der Waals surface area contributed by atoms with E-state index in [0.29, 0.717) is 12.0 Å². The molecule has 0 heterocycles. The zero-order valence-corrected chi connectivity index (χ0v) is 13.3. The molecule has 0 saturated carbocycles. The van der Waals surface area contributed by atoms with E-state index in [-0.39, 0.29) is 4.90 Å². The molecule has 0 fully saturated rings. The zero-order chi connectivity index (χ0) is 15.6. The Morgan fingerprint density at radius 3 is 2.48 bits per heavy atom. The summed E-state index contributed by atoms with van der Waals surface area (Å²) in [5.41, 5.74) is 3.97. The van der Waals surface area contributed by atoms with Crippen LogP contribution in [0, 0.1) is 13.8 Å². The van der Waals surface area contributed by atoms with Gasteiger partial charge in [0.15, 0.2) is 9.84 Å². The second kappa shape index (κ2) is 6.00. The molecule has 0 aliphatic rings. The SMILES string of the molecule is Cc1ccc(C)c(CC(O)c2cccc(S(C)(=O)=O)c2)c1. The van der Waals surface area contributed by atoms with Crippen molar-refractivity contribution >= 4 is 9.84 Å². The summed E-state index contributed by atoms with van der Waals surface area (Å²) >= 11 is 0. The molecule has 0 aliphatic carbocycles. The molecule has 0 saturated heterocycles. The average Bonchev–Trinajstić information content (AvgIpc) is 2.42. The summed E-state index contributed by atoms with van der Waals surface area (Å²) in [5, 5.41) is 10.4. The Morgan fingerprint density at radius 2 is 1.81 bits per heavy atom. The normalized spacial score (nSPS) is 13.1.